The smallest absolute Gasteiger partial charge is 0.224 e. The van der Waals surface area contributed by atoms with Gasteiger partial charge in [-0.25, -0.2) is 0 Å². The van der Waals surface area contributed by atoms with Crippen LogP contribution in [-0.4, -0.2) is 14.9 Å². The van der Waals surface area contributed by atoms with E-state index in [9.17, 15) is 0 Å². The summed E-state index contributed by atoms with van der Waals surface area (Å²) < 4.78 is 2.00. The van der Waals surface area contributed by atoms with Crippen LogP contribution in [0.25, 0.3) is 0 Å². The number of rotatable bonds is 2. The zero-order chi connectivity index (χ0) is 10.1. The number of anilines is 1. The fourth-order valence-electron chi connectivity index (χ4n) is 1.28. The van der Waals surface area contributed by atoms with E-state index in [4.69, 9.17) is 0 Å². The molecule has 2 aromatic rings. The Morgan fingerprint density at radius 2 is 1.79 bits per heavy atom. The molecule has 14 heavy (non-hydrogen) atoms. The molecule has 74 valence electrons. The van der Waals surface area contributed by atoms with E-state index < -0.39 is 0 Å². The third-order valence-electron chi connectivity index (χ3n) is 2.00. The summed E-state index contributed by atoms with van der Waals surface area (Å²) in [7, 11) is 0. The minimum absolute atomic E-state index is 0.824. The van der Waals surface area contributed by atoms with Gasteiger partial charge in [-0.1, -0.05) is 11.3 Å². The molecule has 0 unspecified atom stereocenters. The van der Waals surface area contributed by atoms with Gasteiger partial charge in [0.05, 0.1) is 0 Å². The second kappa shape index (κ2) is 3.42. The van der Waals surface area contributed by atoms with Gasteiger partial charge in [0.2, 0.25) is 5.13 Å². The molecule has 5 heteroatoms. The van der Waals surface area contributed by atoms with Gasteiger partial charge in [-0.3, -0.25) is 10.1 Å². The van der Waals surface area contributed by atoms with Crippen molar-refractivity contribution in [2.45, 2.75) is 20.8 Å². The van der Waals surface area contributed by atoms with E-state index in [1.165, 1.54) is 0 Å². The van der Waals surface area contributed by atoms with Crippen LogP contribution in [0.3, 0.4) is 0 Å². The molecule has 0 radical (unpaired) electrons. The van der Waals surface area contributed by atoms with Crippen LogP contribution in [-0.2, 0) is 0 Å². The molecule has 0 aliphatic carbocycles. The van der Waals surface area contributed by atoms with Gasteiger partial charge in [0.25, 0.3) is 0 Å². The van der Waals surface area contributed by atoms with Crippen LogP contribution >= 0.6 is 11.3 Å². The van der Waals surface area contributed by atoms with Crippen LogP contribution in [0, 0.1) is 20.8 Å². The van der Waals surface area contributed by atoms with Gasteiger partial charge in [-0.2, -0.15) is 0 Å². The number of aryl methyl sites for hydroxylation is 3. The molecule has 0 bridgehead atoms. The fourth-order valence-corrected chi connectivity index (χ4v) is 1.86. The second-order valence-corrected chi connectivity index (χ2v) is 4.37. The monoisotopic (exact) mass is 208 g/mol. The topological polar surface area (TPSA) is 42.7 Å². The standard InChI is InChI=1S/C9H12N4S/c1-6-4-5-7(2)13(6)12-9-11-10-8(3)14-9/h4-5H,1-3H3,(H,11,12). The number of aromatic nitrogens is 3. The van der Waals surface area contributed by atoms with E-state index >= 15 is 0 Å². The Labute approximate surface area is 86.6 Å². The van der Waals surface area contributed by atoms with Crippen molar-refractivity contribution < 1.29 is 0 Å². The normalized spacial score (nSPS) is 10.5. The predicted octanol–water partition coefficient (Wildman–Crippen LogP) is 2.14. The van der Waals surface area contributed by atoms with Crippen LogP contribution in [0.15, 0.2) is 12.1 Å². The molecule has 0 aliphatic heterocycles. The summed E-state index contributed by atoms with van der Waals surface area (Å²) in [4.78, 5) is 0. The van der Waals surface area contributed by atoms with Crippen molar-refractivity contribution in [1.29, 1.82) is 0 Å². The van der Waals surface area contributed by atoms with Gasteiger partial charge < -0.3 is 0 Å². The summed E-state index contributed by atoms with van der Waals surface area (Å²) in [6, 6.07) is 4.13. The molecule has 0 amide bonds. The minimum Gasteiger partial charge on any atom is -0.267 e. The molecule has 0 aromatic carbocycles. The van der Waals surface area contributed by atoms with Gasteiger partial charge in [-0.15, -0.1) is 10.2 Å². The highest BCUT2D eigenvalue weighted by atomic mass is 32.1. The number of hydrogen-bond donors (Lipinski definition) is 1. The average molecular weight is 208 g/mol. The molecule has 0 aliphatic rings. The Morgan fingerprint density at radius 1 is 1.14 bits per heavy atom. The molecule has 0 atom stereocenters. The first-order valence-electron chi connectivity index (χ1n) is 4.39. The summed E-state index contributed by atoms with van der Waals surface area (Å²) in [6.45, 7) is 6.04. The third-order valence-corrected chi connectivity index (χ3v) is 2.75. The van der Waals surface area contributed by atoms with Crippen LogP contribution in [0.2, 0.25) is 0 Å². The van der Waals surface area contributed by atoms with Crippen molar-refractivity contribution >= 4 is 16.5 Å². The number of nitrogens with zero attached hydrogens (tertiary/aromatic N) is 3. The van der Waals surface area contributed by atoms with Gasteiger partial charge in [-0.05, 0) is 32.9 Å². The molecule has 0 saturated heterocycles. The summed E-state index contributed by atoms with van der Waals surface area (Å²) in [5.74, 6) is 0. The maximum Gasteiger partial charge on any atom is 0.224 e. The molecule has 0 saturated carbocycles. The lowest BCUT2D eigenvalue weighted by Gasteiger charge is -2.08. The average Bonchev–Trinajstić information content (AvgIpc) is 2.67. The molecule has 0 fully saturated rings. The van der Waals surface area contributed by atoms with Gasteiger partial charge >= 0.3 is 0 Å². The molecule has 0 spiro atoms. The molecule has 2 heterocycles. The van der Waals surface area contributed by atoms with Crippen LogP contribution < -0.4 is 5.43 Å². The van der Waals surface area contributed by atoms with Crippen molar-refractivity contribution in [2.24, 2.45) is 0 Å². The lowest BCUT2D eigenvalue weighted by molar-refractivity contribution is 0.869. The summed E-state index contributed by atoms with van der Waals surface area (Å²) >= 11 is 1.55. The first kappa shape index (κ1) is 9.21. The summed E-state index contributed by atoms with van der Waals surface area (Å²) in [5, 5.41) is 9.75. The SMILES string of the molecule is Cc1nnc(Nn2c(C)ccc2C)s1. The first-order chi connectivity index (χ1) is 6.66. The van der Waals surface area contributed by atoms with Crippen molar-refractivity contribution in [3.63, 3.8) is 0 Å². The van der Waals surface area contributed by atoms with E-state index in [1.54, 1.807) is 11.3 Å². The van der Waals surface area contributed by atoms with E-state index in [0.717, 1.165) is 21.5 Å². The zero-order valence-corrected chi connectivity index (χ0v) is 9.22. The third kappa shape index (κ3) is 1.63. The molecular formula is C9H12N4S. The van der Waals surface area contributed by atoms with Gasteiger partial charge in [0, 0.05) is 11.4 Å². The van der Waals surface area contributed by atoms with Crippen molar-refractivity contribution in [1.82, 2.24) is 14.9 Å². The number of nitrogens with one attached hydrogen (secondary N) is 1. The van der Waals surface area contributed by atoms with Crippen LogP contribution in [0.1, 0.15) is 16.4 Å². The van der Waals surface area contributed by atoms with Crippen LogP contribution in [0.5, 0.6) is 0 Å². The van der Waals surface area contributed by atoms with E-state index in [-0.39, 0.29) is 0 Å². The molecule has 1 N–H and O–H groups in total. The summed E-state index contributed by atoms with van der Waals surface area (Å²) in [5.41, 5.74) is 5.53. The largest absolute Gasteiger partial charge is 0.267 e. The minimum atomic E-state index is 0.824. The van der Waals surface area contributed by atoms with E-state index in [0.29, 0.717) is 0 Å². The number of hydrogen-bond acceptors (Lipinski definition) is 4. The fraction of sp³-hybridized carbons (Fsp3) is 0.333. The highest BCUT2D eigenvalue weighted by molar-refractivity contribution is 7.15. The van der Waals surface area contributed by atoms with E-state index in [2.05, 4.69) is 27.8 Å². The first-order valence-corrected chi connectivity index (χ1v) is 5.20. The van der Waals surface area contributed by atoms with Crippen LogP contribution in [0.4, 0.5) is 5.13 Å². The summed E-state index contributed by atoms with van der Waals surface area (Å²) in [6.07, 6.45) is 0. The van der Waals surface area contributed by atoms with Crippen molar-refractivity contribution in [3.05, 3.63) is 28.5 Å². The zero-order valence-electron chi connectivity index (χ0n) is 8.40. The van der Waals surface area contributed by atoms with Crippen molar-refractivity contribution in [2.75, 3.05) is 5.43 Å². The highest BCUT2D eigenvalue weighted by Gasteiger charge is 2.03. The Bertz CT molecular complexity index is 424. The predicted molar refractivity (Wildman–Crippen MR) is 57.6 cm³/mol. The molecule has 2 aromatic heterocycles. The Kier molecular flexibility index (Phi) is 2.25. The molecule has 4 nitrogen and oxygen atoms in total. The van der Waals surface area contributed by atoms with E-state index in [1.807, 2.05) is 25.4 Å². The Balaban J connectivity index is 2.26. The molecular weight excluding hydrogens is 196 g/mol. The van der Waals surface area contributed by atoms with Gasteiger partial charge in [0.1, 0.15) is 5.01 Å². The van der Waals surface area contributed by atoms with Crippen molar-refractivity contribution in [3.8, 4) is 0 Å². The lowest BCUT2D eigenvalue weighted by Crippen LogP contribution is -2.11. The highest BCUT2D eigenvalue weighted by Crippen LogP contribution is 2.16. The lowest BCUT2D eigenvalue weighted by atomic mass is 10.5. The maximum atomic E-state index is 4.01. The Hall–Kier alpha value is -1.36. The second-order valence-electron chi connectivity index (χ2n) is 3.19. The maximum absolute atomic E-state index is 4.01. The molecule has 2 rings (SSSR count). The van der Waals surface area contributed by atoms with Gasteiger partial charge in [0.15, 0.2) is 0 Å². The Morgan fingerprint density at radius 3 is 2.29 bits per heavy atom. The quantitative estimate of drug-likeness (QED) is 0.822.